The van der Waals surface area contributed by atoms with E-state index in [0.717, 1.165) is 26.4 Å². The molecule has 0 aliphatic heterocycles. The van der Waals surface area contributed by atoms with Crippen molar-refractivity contribution in [2.45, 2.75) is 18.9 Å². The second-order valence-electron chi connectivity index (χ2n) is 5.28. The third-order valence-corrected chi connectivity index (χ3v) is 5.73. The lowest BCUT2D eigenvalue weighted by Gasteiger charge is -2.04. The summed E-state index contributed by atoms with van der Waals surface area (Å²) in [4.78, 5) is 17.8. The molecule has 1 aromatic carbocycles. The number of amides is 1. The van der Waals surface area contributed by atoms with Gasteiger partial charge in [0.15, 0.2) is 0 Å². The zero-order valence-electron chi connectivity index (χ0n) is 13.3. The molecule has 1 N–H and O–H groups in total. The topological polar surface area (TPSA) is 65.8 Å². The van der Waals surface area contributed by atoms with Crippen LogP contribution in [0.2, 0.25) is 0 Å². The smallest absolute Gasteiger partial charge is 0.235 e. The zero-order chi connectivity index (χ0) is 17.1. The molecule has 2 aromatic heterocycles. The molecule has 0 radical (unpaired) electrons. The molecule has 0 saturated heterocycles. The van der Waals surface area contributed by atoms with E-state index < -0.39 is 0 Å². The summed E-state index contributed by atoms with van der Waals surface area (Å²) in [6.45, 7) is 3.85. The van der Waals surface area contributed by atoms with E-state index in [0.29, 0.717) is 10.6 Å². The number of aromatic nitrogens is 1. The number of thioether (sulfide) groups is 1. The minimum absolute atomic E-state index is 0.132. The number of carbonyl (C=O) groups excluding carboxylic acids is 1. The van der Waals surface area contributed by atoms with E-state index in [1.807, 2.05) is 50.2 Å². The van der Waals surface area contributed by atoms with Crippen molar-refractivity contribution >= 4 is 44.9 Å². The molecule has 6 heteroatoms. The summed E-state index contributed by atoms with van der Waals surface area (Å²) in [5, 5.41) is 14.6. The number of nitrogens with zero attached hydrogens (tertiary/aromatic N) is 2. The summed E-state index contributed by atoms with van der Waals surface area (Å²) < 4.78 is 0. The van der Waals surface area contributed by atoms with Gasteiger partial charge in [-0.3, -0.25) is 4.79 Å². The van der Waals surface area contributed by atoms with E-state index in [9.17, 15) is 10.1 Å². The Labute approximate surface area is 148 Å². The monoisotopic (exact) mass is 353 g/mol. The van der Waals surface area contributed by atoms with Crippen LogP contribution in [-0.4, -0.2) is 16.6 Å². The summed E-state index contributed by atoms with van der Waals surface area (Å²) in [6.07, 6.45) is 0. The first-order chi connectivity index (χ1) is 11.6. The lowest BCUT2D eigenvalue weighted by atomic mass is 10.2. The van der Waals surface area contributed by atoms with Crippen LogP contribution >= 0.6 is 23.1 Å². The van der Waals surface area contributed by atoms with E-state index in [4.69, 9.17) is 0 Å². The van der Waals surface area contributed by atoms with Crippen molar-refractivity contribution in [2.75, 3.05) is 11.1 Å². The van der Waals surface area contributed by atoms with Gasteiger partial charge < -0.3 is 5.32 Å². The van der Waals surface area contributed by atoms with Crippen LogP contribution in [0.25, 0.3) is 10.9 Å². The van der Waals surface area contributed by atoms with E-state index in [1.54, 1.807) is 0 Å². The van der Waals surface area contributed by atoms with E-state index >= 15 is 0 Å². The van der Waals surface area contributed by atoms with Gasteiger partial charge in [-0.1, -0.05) is 36.0 Å². The Bertz CT molecular complexity index is 957. The molecule has 0 aliphatic rings. The van der Waals surface area contributed by atoms with Crippen LogP contribution in [0.5, 0.6) is 0 Å². The fraction of sp³-hybridized carbons (Fsp3) is 0.167. The number of hydrogen-bond acceptors (Lipinski definition) is 5. The predicted octanol–water partition coefficient (Wildman–Crippen LogP) is 4.52. The van der Waals surface area contributed by atoms with Gasteiger partial charge in [0.2, 0.25) is 5.91 Å². The molecule has 2 heterocycles. The van der Waals surface area contributed by atoms with Crippen molar-refractivity contribution in [1.82, 2.24) is 4.98 Å². The molecule has 0 spiro atoms. The second-order valence-corrected chi connectivity index (χ2v) is 7.50. The molecular weight excluding hydrogens is 338 g/mol. The van der Waals surface area contributed by atoms with E-state index in [1.165, 1.54) is 23.1 Å². The Kier molecular flexibility index (Phi) is 4.84. The fourth-order valence-corrected chi connectivity index (χ4v) is 3.98. The van der Waals surface area contributed by atoms with Crippen LogP contribution in [-0.2, 0) is 4.79 Å². The van der Waals surface area contributed by atoms with Crippen molar-refractivity contribution in [1.29, 1.82) is 5.26 Å². The van der Waals surface area contributed by atoms with Gasteiger partial charge in [0.25, 0.3) is 0 Å². The van der Waals surface area contributed by atoms with Crippen LogP contribution in [0, 0.1) is 25.2 Å². The maximum atomic E-state index is 12.2. The number of hydrogen-bond donors (Lipinski definition) is 1. The van der Waals surface area contributed by atoms with Gasteiger partial charge in [-0.05, 0) is 31.5 Å². The first-order valence-corrected chi connectivity index (χ1v) is 9.17. The van der Waals surface area contributed by atoms with Gasteiger partial charge in [-0.15, -0.1) is 11.3 Å². The van der Waals surface area contributed by atoms with Crippen molar-refractivity contribution in [3.8, 4) is 6.07 Å². The van der Waals surface area contributed by atoms with Gasteiger partial charge in [0.05, 0.1) is 21.9 Å². The molecule has 24 heavy (non-hydrogen) atoms. The lowest BCUT2D eigenvalue weighted by Crippen LogP contribution is -2.14. The van der Waals surface area contributed by atoms with Gasteiger partial charge >= 0.3 is 0 Å². The van der Waals surface area contributed by atoms with Crippen molar-refractivity contribution in [3.05, 3.63) is 52.4 Å². The predicted molar refractivity (Wildman–Crippen MR) is 99.6 cm³/mol. The third-order valence-electron chi connectivity index (χ3n) is 3.67. The minimum atomic E-state index is -0.132. The standard InChI is InChI=1S/C18H15N3OS2/c1-11-12(2)24-18(14(11)9-19)21-16(22)10-23-17-8-7-13-5-3-4-6-15(13)20-17/h3-8H,10H2,1-2H3,(H,21,22). The summed E-state index contributed by atoms with van der Waals surface area (Å²) in [7, 11) is 0. The summed E-state index contributed by atoms with van der Waals surface area (Å²) in [5.41, 5.74) is 2.40. The maximum absolute atomic E-state index is 12.2. The Morgan fingerprint density at radius 2 is 2.08 bits per heavy atom. The number of rotatable bonds is 4. The van der Waals surface area contributed by atoms with Gasteiger partial charge in [0, 0.05) is 10.3 Å². The van der Waals surface area contributed by atoms with E-state index in [2.05, 4.69) is 16.4 Å². The Hall–Kier alpha value is -2.36. The van der Waals surface area contributed by atoms with Gasteiger partial charge in [-0.25, -0.2) is 4.98 Å². The molecule has 0 aliphatic carbocycles. The Morgan fingerprint density at radius 3 is 2.88 bits per heavy atom. The molecule has 0 fully saturated rings. The number of carbonyl (C=O) groups is 1. The number of anilines is 1. The van der Waals surface area contributed by atoms with Crippen LogP contribution < -0.4 is 5.32 Å². The number of thiophene rings is 1. The number of nitrogens with one attached hydrogen (secondary N) is 1. The minimum Gasteiger partial charge on any atom is -0.316 e. The van der Waals surface area contributed by atoms with Crippen molar-refractivity contribution in [2.24, 2.45) is 0 Å². The Balaban J connectivity index is 1.67. The highest BCUT2D eigenvalue weighted by atomic mass is 32.2. The quantitative estimate of drug-likeness (QED) is 0.701. The highest BCUT2D eigenvalue weighted by Crippen LogP contribution is 2.31. The molecule has 4 nitrogen and oxygen atoms in total. The SMILES string of the molecule is Cc1sc(NC(=O)CSc2ccc3ccccc3n2)c(C#N)c1C. The lowest BCUT2D eigenvalue weighted by molar-refractivity contribution is -0.113. The Morgan fingerprint density at radius 1 is 1.29 bits per heavy atom. The van der Waals surface area contributed by atoms with Gasteiger partial charge in [0.1, 0.15) is 11.1 Å². The van der Waals surface area contributed by atoms with Crippen LogP contribution in [0.3, 0.4) is 0 Å². The number of benzene rings is 1. The third kappa shape index (κ3) is 3.42. The normalized spacial score (nSPS) is 10.5. The molecule has 3 rings (SSSR count). The molecule has 120 valence electrons. The summed E-state index contributed by atoms with van der Waals surface area (Å²) >= 11 is 2.82. The first kappa shape index (κ1) is 16.5. The largest absolute Gasteiger partial charge is 0.316 e. The zero-order valence-corrected chi connectivity index (χ0v) is 14.9. The molecular formula is C18H15N3OS2. The van der Waals surface area contributed by atoms with Crippen LogP contribution in [0.4, 0.5) is 5.00 Å². The molecule has 3 aromatic rings. The second kappa shape index (κ2) is 7.04. The summed E-state index contributed by atoms with van der Waals surface area (Å²) in [6, 6.07) is 14.0. The van der Waals surface area contributed by atoms with Crippen molar-refractivity contribution < 1.29 is 4.79 Å². The fourth-order valence-electron chi connectivity index (χ4n) is 2.28. The number of fused-ring (bicyclic) bond motifs is 1. The van der Waals surface area contributed by atoms with E-state index in [-0.39, 0.29) is 11.7 Å². The number of aryl methyl sites for hydroxylation is 1. The first-order valence-electron chi connectivity index (χ1n) is 7.37. The van der Waals surface area contributed by atoms with Crippen molar-refractivity contribution in [3.63, 3.8) is 0 Å². The summed E-state index contributed by atoms with van der Waals surface area (Å²) in [5.74, 6) is 0.124. The average Bonchev–Trinajstić information content (AvgIpc) is 2.86. The average molecular weight is 353 g/mol. The molecule has 0 atom stereocenters. The van der Waals surface area contributed by atoms with Gasteiger partial charge in [-0.2, -0.15) is 5.26 Å². The maximum Gasteiger partial charge on any atom is 0.235 e. The molecule has 1 amide bonds. The number of para-hydroxylation sites is 1. The number of pyridine rings is 1. The molecule has 0 saturated carbocycles. The highest BCUT2D eigenvalue weighted by molar-refractivity contribution is 7.99. The number of nitriles is 1. The van der Waals surface area contributed by atoms with Crippen LogP contribution in [0.1, 0.15) is 16.0 Å². The highest BCUT2D eigenvalue weighted by Gasteiger charge is 2.14. The molecule has 0 bridgehead atoms. The molecule has 0 unspecified atom stereocenters. The van der Waals surface area contributed by atoms with Crippen LogP contribution in [0.15, 0.2) is 41.4 Å².